The van der Waals surface area contributed by atoms with Gasteiger partial charge in [-0.3, -0.25) is 0 Å². The molecule has 0 atom stereocenters. The number of hydrogen-bond acceptors (Lipinski definition) is 4. The van der Waals surface area contributed by atoms with Crippen molar-refractivity contribution in [2.24, 2.45) is 10.9 Å². The fourth-order valence-corrected chi connectivity index (χ4v) is 3.64. The van der Waals surface area contributed by atoms with Crippen molar-refractivity contribution in [1.82, 2.24) is 9.03 Å². The van der Waals surface area contributed by atoms with Gasteiger partial charge in [0.1, 0.15) is 0 Å². The highest BCUT2D eigenvalue weighted by Gasteiger charge is 2.32. The number of nitrogens with one attached hydrogen (secondary N) is 1. The van der Waals surface area contributed by atoms with Crippen LogP contribution in [-0.4, -0.2) is 42.9 Å². The van der Waals surface area contributed by atoms with Crippen LogP contribution in [0, 0.1) is 0 Å². The molecule has 0 heterocycles. The van der Waals surface area contributed by atoms with E-state index in [1.807, 2.05) is 6.92 Å². The highest BCUT2D eigenvalue weighted by Crippen LogP contribution is 2.25. The van der Waals surface area contributed by atoms with Gasteiger partial charge in [0.2, 0.25) is 0 Å². The van der Waals surface area contributed by atoms with Crippen molar-refractivity contribution < 1.29 is 13.6 Å². The standard InChI is InChI=1S/C10H22N4O3S/c1-2-7-12-18(16,17)14(8-10(11)13-15)9-5-3-4-6-9/h9,12,15H,2-8H2,1H3,(H2,11,13). The van der Waals surface area contributed by atoms with E-state index in [9.17, 15) is 8.42 Å². The Hall–Kier alpha value is -0.860. The first-order valence-electron chi connectivity index (χ1n) is 6.24. The van der Waals surface area contributed by atoms with Crippen LogP contribution in [0.25, 0.3) is 0 Å². The number of nitrogens with zero attached hydrogens (tertiary/aromatic N) is 2. The lowest BCUT2D eigenvalue weighted by atomic mass is 10.2. The number of oxime groups is 1. The topological polar surface area (TPSA) is 108 Å². The van der Waals surface area contributed by atoms with E-state index in [-0.39, 0.29) is 18.4 Å². The molecule has 1 aliphatic rings. The SMILES string of the molecule is CCCNS(=O)(=O)N(CC(N)=NO)C1CCCC1. The van der Waals surface area contributed by atoms with Crippen molar-refractivity contribution in [3.63, 3.8) is 0 Å². The average molecular weight is 278 g/mol. The Balaban J connectivity index is 2.81. The maximum atomic E-state index is 12.2. The van der Waals surface area contributed by atoms with Crippen LogP contribution in [0.3, 0.4) is 0 Å². The second kappa shape index (κ2) is 6.91. The van der Waals surface area contributed by atoms with Gasteiger partial charge in [0.05, 0.1) is 6.54 Å². The van der Waals surface area contributed by atoms with Crippen molar-refractivity contribution in [1.29, 1.82) is 0 Å². The van der Waals surface area contributed by atoms with Crippen molar-refractivity contribution in [2.45, 2.75) is 45.1 Å². The largest absolute Gasteiger partial charge is 0.409 e. The van der Waals surface area contributed by atoms with Crippen LogP contribution >= 0.6 is 0 Å². The summed E-state index contributed by atoms with van der Waals surface area (Å²) in [6.45, 7) is 2.22. The van der Waals surface area contributed by atoms with Crippen LogP contribution in [0.5, 0.6) is 0 Å². The second-order valence-corrected chi connectivity index (χ2v) is 6.18. The molecular formula is C10H22N4O3S. The maximum absolute atomic E-state index is 12.2. The molecule has 8 heteroatoms. The third kappa shape index (κ3) is 4.11. The highest BCUT2D eigenvalue weighted by atomic mass is 32.2. The summed E-state index contributed by atoms with van der Waals surface area (Å²) in [5, 5.41) is 11.4. The fraction of sp³-hybridized carbons (Fsp3) is 0.900. The maximum Gasteiger partial charge on any atom is 0.280 e. The molecule has 0 aromatic heterocycles. The Kier molecular flexibility index (Phi) is 5.83. The van der Waals surface area contributed by atoms with Crippen molar-refractivity contribution in [3.05, 3.63) is 0 Å². The highest BCUT2D eigenvalue weighted by molar-refractivity contribution is 7.87. The molecule has 1 rings (SSSR count). The number of amidine groups is 1. The Morgan fingerprint density at radius 3 is 2.61 bits per heavy atom. The summed E-state index contributed by atoms with van der Waals surface area (Å²) in [6, 6.07) is -0.0559. The molecule has 0 saturated heterocycles. The lowest BCUT2D eigenvalue weighted by Crippen LogP contribution is -2.49. The molecular weight excluding hydrogens is 256 g/mol. The molecule has 1 saturated carbocycles. The minimum atomic E-state index is -3.56. The van der Waals surface area contributed by atoms with Gasteiger partial charge in [-0.15, -0.1) is 0 Å². The van der Waals surface area contributed by atoms with Crippen LogP contribution in [-0.2, 0) is 10.2 Å². The average Bonchev–Trinajstić information content (AvgIpc) is 2.86. The van der Waals surface area contributed by atoms with Gasteiger partial charge in [0.15, 0.2) is 5.84 Å². The Labute approximate surface area is 108 Å². The molecule has 0 amide bonds. The minimum Gasteiger partial charge on any atom is -0.409 e. The predicted molar refractivity (Wildman–Crippen MR) is 69.6 cm³/mol. The molecule has 0 aliphatic heterocycles. The van der Waals surface area contributed by atoms with Gasteiger partial charge in [0.25, 0.3) is 10.2 Å². The van der Waals surface area contributed by atoms with Crippen molar-refractivity contribution in [3.8, 4) is 0 Å². The van der Waals surface area contributed by atoms with Crippen LogP contribution < -0.4 is 10.5 Å². The van der Waals surface area contributed by atoms with Gasteiger partial charge in [-0.25, -0.2) is 4.72 Å². The van der Waals surface area contributed by atoms with Crippen LogP contribution in [0.4, 0.5) is 0 Å². The summed E-state index contributed by atoms with van der Waals surface area (Å²) >= 11 is 0. The van der Waals surface area contributed by atoms with E-state index in [1.54, 1.807) is 0 Å². The van der Waals surface area contributed by atoms with Crippen molar-refractivity contribution in [2.75, 3.05) is 13.1 Å². The summed E-state index contributed by atoms with van der Waals surface area (Å²) in [5.41, 5.74) is 5.43. The van der Waals surface area contributed by atoms with E-state index in [0.29, 0.717) is 6.54 Å². The van der Waals surface area contributed by atoms with E-state index in [2.05, 4.69) is 9.88 Å². The zero-order valence-electron chi connectivity index (χ0n) is 10.7. The molecule has 0 aromatic carbocycles. The number of rotatable bonds is 7. The second-order valence-electron chi connectivity index (χ2n) is 4.47. The molecule has 106 valence electrons. The monoisotopic (exact) mass is 278 g/mol. The van der Waals surface area contributed by atoms with Gasteiger partial charge in [-0.1, -0.05) is 24.9 Å². The van der Waals surface area contributed by atoms with Gasteiger partial charge in [-0.2, -0.15) is 12.7 Å². The quantitative estimate of drug-likeness (QED) is 0.268. The van der Waals surface area contributed by atoms with Crippen molar-refractivity contribution >= 4 is 16.0 Å². The Morgan fingerprint density at radius 1 is 1.50 bits per heavy atom. The van der Waals surface area contributed by atoms with E-state index in [1.165, 1.54) is 4.31 Å². The van der Waals surface area contributed by atoms with E-state index in [0.717, 1.165) is 32.1 Å². The fourth-order valence-electron chi connectivity index (χ4n) is 2.11. The summed E-state index contributed by atoms with van der Waals surface area (Å²) in [4.78, 5) is 0. The van der Waals surface area contributed by atoms with Gasteiger partial charge >= 0.3 is 0 Å². The predicted octanol–water partition coefficient (Wildman–Crippen LogP) is 0.222. The summed E-state index contributed by atoms with van der Waals surface area (Å²) in [5.74, 6) is -0.0937. The molecule has 0 radical (unpaired) electrons. The lowest BCUT2D eigenvalue weighted by Gasteiger charge is -2.27. The van der Waals surface area contributed by atoms with E-state index >= 15 is 0 Å². The zero-order valence-corrected chi connectivity index (χ0v) is 11.5. The van der Waals surface area contributed by atoms with Crippen LogP contribution in [0.15, 0.2) is 5.16 Å². The third-order valence-corrected chi connectivity index (χ3v) is 4.64. The lowest BCUT2D eigenvalue weighted by molar-refractivity contribution is 0.307. The molecule has 1 fully saturated rings. The van der Waals surface area contributed by atoms with Gasteiger partial charge in [0, 0.05) is 12.6 Å². The third-order valence-electron chi connectivity index (χ3n) is 3.02. The first-order chi connectivity index (χ1) is 8.51. The number of hydrogen-bond donors (Lipinski definition) is 3. The van der Waals surface area contributed by atoms with Crippen LogP contribution in [0.1, 0.15) is 39.0 Å². The summed E-state index contributed by atoms with van der Waals surface area (Å²) in [6.07, 6.45) is 4.40. The first-order valence-corrected chi connectivity index (χ1v) is 7.68. The van der Waals surface area contributed by atoms with Gasteiger partial charge < -0.3 is 10.9 Å². The molecule has 0 unspecified atom stereocenters. The van der Waals surface area contributed by atoms with Gasteiger partial charge in [-0.05, 0) is 19.3 Å². The molecule has 0 bridgehead atoms. The Morgan fingerprint density at radius 2 is 2.11 bits per heavy atom. The molecule has 1 aliphatic carbocycles. The summed E-state index contributed by atoms with van der Waals surface area (Å²) < 4.78 is 28.1. The molecule has 4 N–H and O–H groups in total. The van der Waals surface area contributed by atoms with E-state index in [4.69, 9.17) is 10.9 Å². The smallest absolute Gasteiger partial charge is 0.280 e. The molecule has 18 heavy (non-hydrogen) atoms. The normalized spacial score (nSPS) is 18.7. The zero-order chi connectivity index (χ0) is 13.6. The molecule has 7 nitrogen and oxygen atoms in total. The molecule has 0 aromatic rings. The minimum absolute atomic E-state index is 0.0559. The Bertz CT molecular complexity index is 377. The number of nitrogens with two attached hydrogens (primary N) is 1. The first kappa shape index (κ1) is 15.2. The summed E-state index contributed by atoms with van der Waals surface area (Å²) in [7, 11) is -3.56. The van der Waals surface area contributed by atoms with Crippen LogP contribution in [0.2, 0.25) is 0 Å². The van der Waals surface area contributed by atoms with E-state index < -0.39 is 10.2 Å². The molecule has 0 spiro atoms.